The van der Waals surface area contributed by atoms with E-state index in [9.17, 15) is 4.79 Å². The van der Waals surface area contributed by atoms with E-state index in [-0.39, 0.29) is 17.6 Å². The number of hydrogen-bond donors (Lipinski definition) is 1. The largest absolute Gasteiger partial charge is 0.367 e. The van der Waals surface area contributed by atoms with Crippen LogP contribution < -0.4 is 10.9 Å². The minimum Gasteiger partial charge on any atom is -0.367 e. The van der Waals surface area contributed by atoms with Crippen molar-refractivity contribution in [1.29, 1.82) is 0 Å². The summed E-state index contributed by atoms with van der Waals surface area (Å²) >= 11 is 0. The molecule has 2 rings (SSSR count). The summed E-state index contributed by atoms with van der Waals surface area (Å²) in [5.41, 5.74) is 2.09. The third kappa shape index (κ3) is 3.78. The summed E-state index contributed by atoms with van der Waals surface area (Å²) in [6.07, 6.45) is 5.32. The molecule has 2 heterocycles. The molecule has 0 radical (unpaired) electrons. The number of nitrogens with one attached hydrogen (secondary N) is 1. The number of rotatable bonds is 6. The normalized spacial score (nSPS) is 14.3. The van der Waals surface area contributed by atoms with E-state index in [1.165, 1.54) is 0 Å². The second kappa shape index (κ2) is 7.40. The summed E-state index contributed by atoms with van der Waals surface area (Å²) < 4.78 is 1.59. The van der Waals surface area contributed by atoms with Crippen LogP contribution in [0.3, 0.4) is 0 Å². The van der Waals surface area contributed by atoms with Gasteiger partial charge in [0.25, 0.3) is 5.56 Å². The number of aromatic nitrogens is 2. The predicted molar refractivity (Wildman–Crippen MR) is 96.9 cm³/mol. The Morgan fingerprint density at radius 2 is 2.09 bits per heavy atom. The van der Waals surface area contributed by atoms with Gasteiger partial charge in [0.2, 0.25) is 0 Å². The molecule has 0 aliphatic carbocycles. The maximum absolute atomic E-state index is 12.9. The Hall–Kier alpha value is -2.17. The molecule has 23 heavy (non-hydrogen) atoms. The first-order valence-electron chi connectivity index (χ1n) is 8.29. The van der Waals surface area contributed by atoms with Crippen molar-refractivity contribution in [1.82, 2.24) is 9.38 Å². The lowest BCUT2D eigenvalue weighted by atomic mass is 10.2. The van der Waals surface area contributed by atoms with Crippen molar-refractivity contribution in [3.05, 3.63) is 39.8 Å². The van der Waals surface area contributed by atoms with Crippen LogP contribution in [0.4, 0.5) is 5.82 Å². The third-order valence-electron chi connectivity index (χ3n) is 4.13. The average Bonchev–Trinajstić information content (AvgIpc) is 2.55. The Bertz CT molecular complexity index is 763. The van der Waals surface area contributed by atoms with Crippen LogP contribution in [0.15, 0.2) is 28.1 Å². The number of fused-ring (bicyclic) bond motifs is 1. The lowest BCUT2D eigenvalue weighted by Crippen LogP contribution is -2.25. The molecule has 5 heteroatoms. The molecule has 0 unspecified atom stereocenters. The van der Waals surface area contributed by atoms with Gasteiger partial charge in [-0.15, -0.1) is 0 Å². The molecule has 0 fully saturated rings. The quantitative estimate of drug-likeness (QED) is 0.831. The van der Waals surface area contributed by atoms with E-state index in [1.807, 2.05) is 26.0 Å². The topological polar surface area (TPSA) is 58.8 Å². The summed E-state index contributed by atoms with van der Waals surface area (Å²) in [6.45, 7) is 10.3. The predicted octanol–water partition coefficient (Wildman–Crippen LogP) is 3.43. The molecule has 2 aromatic rings. The van der Waals surface area contributed by atoms with E-state index in [0.29, 0.717) is 17.0 Å². The van der Waals surface area contributed by atoms with E-state index in [0.717, 1.165) is 18.4 Å². The Kier molecular flexibility index (Phi) is 5.53. The van der Waals surface area contributed by atoms with Crippen molar-refractivity contribution in [3.8, 4) is 0 Å². The van der Waals surface area contributed by atoms with Gasteiger partial charge in [-0.2, -0.15) is 0 Å². The van der Waals surface area contributed by atoms with Crippen LogP contribution in [0.1, 0.15) is 51.7 Å². The van der Waals surface area contributed by atoms with Crippen LogP contribution in [0.5, 0.6) is 0 Å². The zero-order valence-electron chi connectivity index (χ0n) is 14.6. The van der Waals surface area contributed by atoms with Gasteiger partial charge in [-0.3, -0.25) is 14.2 Å². The zero-order valence-corrected chi connectivity index (χ0v) is 14.6. The van der Waals surface area contributed by atoms with Gasteiger partial charge in [-0.1, -0.05) is 19.9 Å². The lowest BCUT2D eigenvalue weighted by molar-refractivity contribution is 0.720. The Morgan fingerprint density at radius 1 is 1.35 bits per heavy atom. The number of pyridine rings is 1. The molecule has 0 saturated heterocycles. The molecular formula is C18H26N4O. The molecule has 124 valence electrons. The van der Waals surface area contributed by atoms with Gasteiger partial charge in [0.05, 0.1) is 0 Å². The number of hydrogen-bond acceptors (Lipinski definition) is 4. The first-order chi connectivity index (χ1) is 11.0. The van der Waals surface area contributed by atoms with Crippen molar-refractivity contribution in [2.75, 3.05) is 5.32 Å². The summed E-state index contributed by atoms with van der Waals surface area (Å²) in [6, 6.07) is 4.25. The van der Waals surface area contributed by atoms with Gasteiger partial charge in [0, 0.05) is 24.5 Å². The Morgan fingerprint density at radius 3 is 2.74 bits per heavy atom. The van der Waals surface area contributed by atoms with E-state index in [2.05, 4.69) is 36.1 Å². The molecule has 2 aromatic heterocycles. The molecular weight excluding hydrogens is 288 g/mol. The average molecular weight is 314 g/mol. The second-order valence-corrected chi connectivity index (χ2v) is 6.05. The van der Waals surface area contributed by atoms with Gasteiger partial charge < -0.3 is 5.32 Å². The highest BCUT2D eigenvalue weighted by molar-refractivity contribution is 5.86. The van der Waals surface area contributed by atoms with E-state index >= 15 is 0 Å². The summed E-state index contributed by atoms with van der Waals surface area (Å²) in [5, 5.41) is 3.35. The first-order valence-corrected chi connectivity index (χ1v) is 8.29. The van der Waals surface area contributed by atoms with Crippen molar-refractivity contribution >= 4 is 17.7 Å². The summed E-state index contributed by atoms with van der Waals surface area (Å²) in [5.74, 6) is 0.616. The van der Waals surface area contributed by atoms with E-state index in [4.69, 9.17) is 0 Å². The SMILES string of the molecule is CC[C@H](C)N=Cc1c(N[C@@H](C)CC)nc2c(C)cccn2c1=O. The number of anilines is 1. The molecule has 1 N–H and O–H groups in total. The van der Waals surface area contributed by atoms with Crippen molar-refractivity contribution in [3.63, 3.8) is 0 Å². The fourth-order valence-corrected chi connectivity index (χ4v) is 2.18. The standard InChI is InChI=1S/C18H26N4O/c1-6-13(4)19-11-15-16(20-14(5)7-2)21-17-12(3)9-8-10-22(17)18(15)23/h8-11,13-14,20H,6-7H2,1-5H3/t13-,14-/m0/s1. The molecule has 0 saturated carbocycles. The highest BCUT2D eigenvalue weighted by Crippen LogP contribution is 2.14. The number of nitrogens with zero attached hydrogens (tertiary/aromatic N) is 3. The van der Waals surface area contributed by atoms with Gasteiger partial charge >= 0.3 is 0 Å². The van der Waals surface area contributed by atoms with Crippen LogP contribution in [0.25, 0.3) is 5.65 Å². The molecule has 0 aliphatic heterocycles. The first kappa shape index (κ1) is 17.2. The Labute approximate surface area is 137 Å². The molecule has 5 nitrogen and oxygen atoms in total. The van der Waals surface area contributed by atoms with E-state index in [1.54, 1.807) is 16.8 Å². The molecule has 0 aromatic carbocycles. The molecule has 0 aliphatic rings. The van der Waals surface area contributed by atoms with Crippen LogP contribution >= 0.6 is 0 Å². The van der Waals surface area contributed by atoms with Crippen LogP contribution in [-0.2, 0) is 0 Å². The van der Waals surface area contributed by atoms with Gasteiger partial charge in [0.15, 0.2) is 0 Å². The van der Waals surface area contributed by atoms with Crippen molar-refractivity contribution < 1.29 is 0 Å². The van der Waals surface area contributed by atoms with Gasteiger partial charge in [-0.05, 0) is 45.2 Å². The van der Waals surface area contributed by atoms with Crippen molar-refractivity contribution in [2.24, 2.45) is 4.99 Å². The molecule has 0 bridgehead atoms. The Balaban J connectivity index is 2.65. The third-order valence-corrected chi connectivity index (χ3v) is 4.13. The van der Waals surface area contributed by atoms with Crippen LogP contribution in [0, 0.1) is 6.92 Å². The minimum atomic E-state index is -0.0865. The maximum Gasteiger partial charge on any atom is 0.268 e. The van der Waals surface area contributed by atoms with Gasteiger partial charge in [0.1, 0.15) is 17.0 Å². The smallest absolute Gasteiger partial charge is 0.268 e. The highest BCUT2D eigenvalue weighted by atomic mass is 16.1. The number of aliphatic imine (C=N–C) groups is 1. The molecule has 2 atom stereocenters. The fraction of sp³-hybridized carbons (Fsp3) is 0.500. The van der Waals surface area contributed by atoms with Crippen LogP contribution in [-0.4, -0.2) is 27.7 Å². The second-order valence-electron chi connectivity index (χ2n) is 6.05. The molecule has 0 spiro atoms. The fourth-order valence-electron chi connectivity index (χ4n) is 2.18. The number of aryl methyl sites for hydroxylation is 1. The summed E-state index contributed by atoms with van der Waals surface area (Å²) in [4.78, 5) is 22.0. The lowest BCUT2D eigenvalue weighted by Gasteiger charge is -2.15. The van der Waals surface area contributed by atoms with Crippen molar-refractivity contribution in [2.45, 2.75) is 59.5 Å². The summed E-state index contributed by atoms with van der Waals surface area (Å²) in [7, 11) is 0. The maximum atomic E-state index is 12.9. The van der Waals surface area contributed by atoms with E-state index < -0.39 is 0 Å². The van der Waals surface area contributed by atoms with Crippen LogP contribution in [0.2, 0.25) is 0 Å². The molecule has 0 amide bonds. The van der Waals surface area contributed by atoms with Gasteiger partial charge in [-0.25, -0.2) is 4.98 Å². The minimum absolute atomic E-state index is 0.0865. The zero-order chi connectivity index (χ0) is 17.0. The highest BCUT2D eigenvalue weighted by Gasteiger charge is 2.14. The monoisotopic (exact) mass is 314 g/mol.